The fraction of sp³-hybridized carbons (Fsp3) is 0.143. The maximum absolute atomic E-state index is 5.84. The first-order valence-corrected chi connectivity index (χ1v) is 4.93. The van der Waals surface area contributed by atoms with Gasteiger partial charge in [0.05, 0.1) is 5.88 Å². The molecule has 0 aromatic heterocycles. The first kappa shape index (κ1) is 9.66. The molecule has 1 aromatic rings. The molecule has 0 spiro atoms. The van der Waals surface area contributed by atoms with E-state index in [2.05, 4.69) is 15.9 Å². The van der Waals surface area contributed by atoms with E-state index in [-0.39, 0.29) is 0 Å². The zero-order chi connectivity index (χ0) is 8.43. The molecule has 0 heterocycles. The fourth-order valence-electron chi connectivity index (χ4n) is 0.700. The summed E-state index contributed by atoms with van der Waals surface area (Å²) in [7, 11) is 0. The van der Waals surface area contributed by atoms with E-state index in [4.69, 9.17) is 34.8 Å². The average molecular weight is 274 g/mol. The van der Waals surface area contributed by atoms with Gasteiger partial charge in [-0.1, -0.05) is 39.1 Å². The van der Waals surface area contributed by atoms with Crippen LogP contribution in [-0.2, 0) is 5.88 Å². The molecule has 4 heteroatoms. The second kappa shape index (κ2) is 3.99. The Hall–Kier alpha value is 0.570. The van der Waals surface area contributed by atoms with Gasteiger partial charge in [0.25, 0.3) is 0 Å². The van der Waals surface area contributed by atoms with Gasteiger partial charge in [-0.15, -0.1) is 11.6 Å². The van der Waals surface area contributed by atoms with Crippen molar-refractivity contribution in [2.24, 2.45) is 0 Å². The zero-order valence-electron chi connectivity index (χ0n) is 5.37. The van der Waals surface area contributed by atoms with E-state index in [9.17, 15) is 0 Å². The normalized spacial score (nSPS) is 10.2. The molecule has 0 N–H and O–H groups in total. The Morgan fingerprint density at radius 1 is 1.18 bits per heavy atom. The van der Waals surface area contributed by atoms with Gasteiger partial charge in [0.1, 0.15) is 0 Å². The number of hydrogen-bond acceptors (Lipinski definition) is 0. The van der Waals surface area contributed by atoms with E-state index in [1.165, 1.54) is 0 Å². The predicted molar refractivity (Wildman–Crippen MR) is 53.7 cm³/mol. The summed E-state index contributed by atoms with van der Waals surface area (Å²) in [5.41, 5.74) is 0.776. The summed E-state index contributed by atoms with van der Waals surface area (Å²) >= 11 is 20.5. The minimum atomic E-state index is 0.338. The lowest BCUT2D eigenvalue weighted by molar-refractivity contribution is 1.39. The maximum Gasteiger partial charge on any atom is 0.0503 e. The lowest BCUT2D eigenvalue weighted by Crippen LogP contribution is -1.82. The van der Waals surface area contributed by atoms with Gasteiger partial charge in [-0.2, -0.15) is 0 Å². The molecule has 0 fully saturated rings. The van der Waals surface area contributed by atoms with Crippen molar-refractivity contribution in [3.63, 3.8) is 0 Å². The highest BCUT2D eigenvalue weighted by Gasteiger charge is 2.05. The third kappa shape index (κ3) is 2.25. The van der Waals surface area contributed by atoms with Crippen LogP contribution in [0.1, 0.15) is 5.56 Å². The van der Waals surface area contributed by atoms with Crippen molar-refractivity contribution in [1.82, 2.24) is 0 Å². The summed E-state index contributed by atoms with van der Waals surface area (Å²) in [5, 5.41) is 1.19. The lowest BCUT2D eigenvalue weighted by atomic mass is 10.2. The van der Waals surface area contributed by atoms with Crippen LogP contribution in [0.15, 0.2) is 16.6 Å². The van der Waals surface area contributed by atoms with Crippen LogP contribution in [0.2, 0.25) is 10.0 Å². The monoisotopic (exact) mass is 272 g/mol. The van der Waals surface area contributed by atoms with E-state index >= 15 is 0 Å². The van der Waals surface area contributed by atoms with Gasteiger partial charge in [-0.05, 0) is 12.1 Å². The predicted octanol–water partition coefficient (Wildman–Crippen LogP) is 4.49. The molecule has 1 aromatic carbocycles. The molecule has 0 aliphatic heterocycles. The molecule has 0 amide bonds. The summed E-state index contributed by atoms with van der Waals surface area (Å²) in [6, 6.07) is 3.54. The Morgan fingerprint density at radius 3 is 2.00 bits per heavy atom. The first-order valence-electron chi connectivity index (χ1n) is 2.84. The van der Waals surface area contributed by atoms with Crippen LogP contribution in [-0.4, -0.2) is 0 Å². The van der Waals surface area contributed by atoms with Crippen molar-refractivity contribution >= 4 is 50.7 Å². The van der Waals surface area contributed by atoms with Gasteiger partial charge in [0.15, 0.2) is 0 Å². The molecular formula is C7H4BrCl3. The first-order chi connectivity index (χ1) is 5.15. The van der Waals surface area contributed by atoms with Gasteiger partial charge in [-0.25, -0.2) is 0 Å². The van der Waals surface area contributed by atoms with Crippen molar-refractivity contribution < 1.29 is 0 Å². The molecule has 0 unspecified atom stereocenters. The second-order valence-electron chi connectivity index (χ2n) is 1.98. The molecule has 60 valence electrons. The Bertz CT molecular complexity index is 249. The molecule has 0 aliphatic carbocycles. The molecule has 0 saturated heterocycles. The van der Waals surface area contributed by atoms with E-state index in [1.54, 1.807) is 12.1 Å². The van der Waals surface area contributed by atoms with Crippen LogP contribution in [0, 0.1) is 0 Å². The number of hydrogen-bond donors (Lipinski definition) is 0. The Labute approximate surface area is 88.6 Å². The molecule has 0 nitrogen and oxygen atoms in total. The number of rotatable bonds is 1. The summed E-state index contributed by atoms with van der Waals surface area (Å²) in [5.74, 6) is 0.338. The van der Waals surface area contributed by atoms with Crippen LogP contribution in [0.5, 0.6) is 0 Å². The van der Waals surface area contributed by atoms with Crippen LogP contribution in [0.4, 0.5) is 0 Å². The smallest absolute Gasteiger partial charge is 0.0503 e. The Balaban J connectivity index is 3.25. The van der Waals surface area contributed by atoms with Crippen LogP contribution in [0.3, 0.4) is 0 Å². The molecule has 1 rings (SSSR count). The quantitative estimate of drug-likeness (QED) is 0.662. The lowest BCUT2D eigenvalue weighted by Gasteiger charge is -2.02. The third-order valence-corrected chi connectivity index (χ3v) is 2.64. The summed E-state index contributed by atoms with van der Waals surface area (Å²) < 4.78 is 0.862. The third-order valence-electron chi connectivity index (χ3n) is 1.24. The molecule has 0 radical (unpaired) electrons. The topological polar surface area (TPSA) is 0 Å². The van der Waals surface area contributed by atoms with Crippen molar-refractivity contribution in [2.45, 2.75) is 5.88 Å². The standard InChI is InChI=1S/C7H4BrCl3/c8-4-1-6(10)5(3-9)7(11)2-4/h1-2H,3H2. The molecule has 11 heavy (non-hydrogen) atoms. The van der Waals surface area contributed by atoms with Crippen molar-refractivity contribution in [3.05, 3.63) is 32.2 Å². The largest absolute Gasteiger partial charge is 0.121 e. The van der Waals surface area contributed by atoms with Crippen molar-refractivity contribution in [1.29, 1.82) is 0 Å². The van der Waals surface area contributed by atoms with Gasteiger partial charge >= 0.3 is 0 Å². The molecule has 0 saturated carbocycles. The minimum Gasteiger partial charge on any atom is -0.121 e. The maximum atomic E-state index is 5.84. The fourth-order valence-corrected chi connectivity index (χ4v) is 2.47. The summed E-state index contributed by atoms with van der Waals surface area (Å²) in [6.45, 7) is 0. The minimum absolute atomic E-state index is 0.338. The molecule has 0 atom stereocenters. The molecule has 0 aliphatic rings. The molecule has 0 bridgehead atoms. The van der Waals surface area contributed by atoms with Crippen LogP contribution in [0.25, 0.3) is 0 Å². The number of alkyl halides is 1. The second-order valence-corrected chi connectivity index (χ2v) is 3.98. The van der Waals surface area contributed by atoms with E-state index in [0.717, 1.165) is 10.0 Å². The van der Waals surface area contributed by atoms with Gasteiger partial charge in [-0.3, -0.25) is 0 Å². The van der Waals surface area contributed by atoms with Crippen molar-refractivity contribution in [3.8, 4) is 0 Å². The van der Waals surface area contributed by atoms with Crippen LogP contribution >= 0.6 is 50.7 Å². The Kier molecular flexibility index (Phi) is 3.51. The van der Waals surface area contributed by atoms with Gasteiger partial charge in [0, 0.05) is 20.1 Å². The van der Waals surface area contributed by atoms with Crippen LogP contribution < -0.4 is 0 Å². The van der Waals surface area contributed by atoms with E-state index in [0.29, 0.717) is 15.9 Å². The zero-order valence-corrected chi connectivity index (χ0v) is 9.23. The van der Waals surface area contributed by atoms with Gasteiger partial charge < -0.3 is 0 Å². The van der Waals surface area contributed by atoms with Gasteiger partial charge in [0.2, 0.25) is 0 Å². The molecular weight excluding hydrogens is 270 g/mol. The summed E-state index contributed by atoms with van der Waals surface area (Å²) in [4.78, 5) is 0. The van der Waals surface area contributed by atoms with Crippen molar-refractivity contribution in [2.75, 3.05) is 0 Å². The number of halogens is 4. The number of benzene rings is 1. The average Bonchev–Trinajstić information content (AvgIpc) is 1.85. The summed E-state index contributed by atoms with van der Waals surface area (Å²) in [6.07, 6.45) is 0. The SMILES string of the molecule is ClCc1c(Cl)cc(Br)cc1Cl. The van der Waals surface area contributed by atoms with E-state index in [1.807, 2.05) is 0 Å². The highest BCUT2D eigenvalue weighted by molar-refractivity contribution is 9.10. The highest BCUT2D eigenvalue weighted by Crippen LogP contribution is 2.29. The Morgan fingerprint density at radius 2 is 1.64 bits per heavy atom. The highest BCUT2D eigenvalue weighted by atomic mass is 79.9. The van der Waals surface area contributed by atoms with E-state index < -0.39 is 0 Å².